The van der Waals surface area contributed by atoms with Gasteiger partial charge in [-0.3, -0.25) is 9.59 Å². The molecule has 4 heterocycles. The first-order valence-corrected chi connectivity index (χ1v) is 11.2. The molecule has 11 heteroatoms. The number of amides is 1. The molecule has 1 unspecified atom stereocenters. The van der Waals surface area contributed by atoms with Gasteiger partial charge in [0.05, 0.1) is 17.7 Å². The Morgan fingerprint density at radius 2 is 2.17 bits per heavy atom. The molecule has 0 saturated carbocycles. The number of aromatic amines is 1. The van der Waals surface area contributed by atoms with Crippen LogP contribution in [0.3, 0.4) is 0 Å². The zero-order chi connectivity index (χ0) is 20.4. The number of sulfonamides is 1. The van der Waals surface area contributed by atoms with Crippen molar-refractivity contribution in [3.8, 4) is 10.6 Å². The molecule has 2 N–H and O–H groups in total. The summed E-state index contributed by atoms with van der Waals surface area (Å²) in [5.41, 5.74) is 0.142. The van der Waals surface area contributed by atoms with Crippen molar-refractivity contribution >= 4 is 27.3 Å². The van der Waals surface area contributed by atoms with Crippen molar-refractivity contribution < 1.29 is 17.6 Å². The standard InChI is InChI=1S/C18H18N4O5S2/c23-16-7-5-13(20-21-16)15-6-8-17(28-15)29(25,26)22-9-1-4-14(22)18(24)19-11-12-3-2-10-27-12/h2-3,5-8,10,14H,1,4,9,11H2,(H,19,24)(H,21,23). The fourth-order valence-electron chi connectivity index (χ4n) is 3.19. The van der Waals surface area contributed by atoms with Crippen LogP contribution < -0.4 is 10.9 Å². The van der Waals surface area contributed by atoms with Crippen molar-refractivity contribution in [1.29, 1.82) is 0 Å². The van der Waals surface area contributed by atoms with Gasteiger partial charge in [-0.25, -0.2) is 13.5 Å². The molecule has 4 rings (SSSR count). The van der Waals surface area contributed by atoms with Crippen LogP contribution in [0, 0.1) is 0 Å². The molecule has 1 atom stereocenters. The van der Waals surface area contributed by atoms with Gasteiger partial charge >= 0.3 is 0 Å². The Balaban J connectivity index is 1.52. The van der Waals surface area contributed by atoms with Crippen LogP contribution in [0.5, 0.6) is 0 Å². The second-order valence-electron chi connectivity index (χ2n) is 6.50. The highest BCUT2D eigenvalue weighted by atomic mass is 32.2. The van der Waals surface area contributed by atoms with Gasteiger partial charge in [-0.1, -0.05) is 0 Å². The number of furan rings is 1. The molecule has 1 amide bonds. The highest BCUT2D eigenvalue weighted by molar-refractivity contribution is 7.91. The Hall–Kier alpha value is -2.76. The zero-order valence-electron chi connectivity index (χ0n) is 15.2. The third-order valence-corrected chi connectivity index (χ3v) is 8.08. The minimum absolute atomic E-state index is 0.131. The molecule has 1 saturated heterocycles. The van der Waals surface area contributed by atoms with E-state index in [0.717, 1.165) is 11.3 Å². The molecule has 0 aromatic carbocycles. The topological polar surface area (TPSA) is 125 Å². The van der Waals surface area contributed by atoms with Crippen molar-refractivity contribution in [3.05, 3.63) is 58.8 Å². The summed E-state index contributed by atoms with van der Waals surface area (Å²) >= 11 is 1.05. The first kappa shape index (κ1) is 19.6. The average molecular weight is 434 g/mol. The number of rotatable bonds is 6. The lowest BCUT2D eigenvalue weighted by atomic mass is 10.2. The predicted octanol–water partition coefficient (Wildman–Crippen LogP) is 1.56. The van der Waals surface area contributed by atoms with Crippen molar-refractivity contribution in [2.24, 2.45) is 0 Å². The maximum atomic E-state index is 13.1. The van der Waals surface area contributed by atoms with E-state index in [2.05, 4.69) is 15.5 Å². The van der Waals surface area contributed by atoms with Crippen LogP contribution in [0.4, 0.5) is 0 Å². The first-order chi connectivity index (χ1) is 13.9. The van der Waals surface area contributed by atoms with Gasteiger partial charge in [-0.05, 0) is 43.2 Å². The lowest BCUT2D eigenvalue weighted by molar-refractivity contribution is -0.124. The predicted molar refractivity (Wildman–Crippen MR) is 106 cm³/mol. The summed E-state index contributed by atoms with van der Waals surface area (Å²) in [6, 6.07) is 8.70. The quantitative estimate of drug-likeness (QED) is 0.606. The van der Waals surface area contributed by atoms with Gasteiger partial charge in [-0.2, -0.15) is 9.40 Å². The molecular formula is C18H18N4O5S2. The molecule has 0 aliphatic carbocycles. The highest BCUT2D eigenvalue weighted by Gasteiger charge is 2.40. The van der Waals surface area contributed by atoms with Gasteiger partial charge in [-0.15, -0.1) is 11.3 Å². The number of thiophene rings is 1. The number of hydrogen-bond donors (Lipinski definition) is 2. The van der Waals surface area contributed by atoms with E-state index in [1.165, 1.54) is 28.8 Å². The van der Waals surface area contributed by atoms with E-state index in [1.807, 2.05) is 0 Å². The van der Waals surface area contributed by atoms with E-state index in [4.69, 9.17) is 4.42 Å². The van der Waals surface area contributed by atoms with Gasteiger partial charge < -0.3 is 9.73 Å². The van der Waals surface area contributed by atoms with E-state index < -0.39 is 16.1 Å². The van der Waals surface area contributed by atoms with E-state index in [9.17, 15) is 18.0 Å². The SMILES string of the molecule is O=C(NCc1ccco1)C1CCCN1S(=O)(=O)c1ccc(-c2ccc(=O)[nH]n2)s1. The second-order valence-corrected chi connectivity index (χ2v) is 9.70. The van der Waals surface area contributed by atoms with Crippen LogP contribution in [0.25, 0.3) is 10.6 Å². The molecule has 29 heavy (non-hydrogen) atoms. The van der Waals surface area contributed by atoms with Crippen LogP contribution in [-0.2, 0) is 21.4 Å². The Morgan fingerprint density at radius 1 is 1.31 bits per heavy atom. The monoisotopic (exact) mass is 434 g/mol. The van der Waals surface area contributed by atoms with Crippen LogP contribution in [-0.4, -0.2) is 41.4 Å². The highest BCUT2D eigenvalue weighted by Crippen LogP contribution is 2.33. The van der Waals surface area contributed by atoms with Crippen molar-refractivity contribution in [1.82, 2.24) is 19.8 Å². The Labute approximate surface area is 170 Å². The van der Waals surface area contributed by atoms with Crippen molar-refractivity contribution in [3.63, 3.8) is 0 Å². The third kappa shape index (κ3) is 4.02. The molecule has 3 aromatic heterocycles. The van der Waals surface area contributed by atoms with Crippen molar-refractivity contribution in [2.75, 3.05) is 6.54 Å². The van der Waals surface area contributed by atoms with Gasteiger partial charge in [0.25, 0.3) is 15.6 Å². The Bertz CT molecular complexity index is 1150. The largest absolute Gasteiger partial charge is 0.467 e. The summed E-state index contributed by atoms with van der Waals surface area (Å²) in [4.78, 5) is 24.4. The van der Waals surface area contributed by atoms with Gasteiger partial charge in [0.2, 0.25) is 5.91 Å². The van der Waals surface area contributed by atoms with Gasteiger partial charge in [0.1, 0.15) is 21.7 Å². The summed E-state index contributed by atoms with van der Waals surface area (Å²) in [7, 11) is -3.83. The molecule has 1 aliphatic heterocycles. The van der Waals surface area contributed by atoms with E-state index >= 15 is 0 Å². The number of carbonyl (C=O) groups is 1. The summed E-state index contributed by atoms with van der Waals surface area (Å²) in [5, 5.41) is 8.99. The number of H-pyrrole nitrogens is 1. The molecular weight excluding hydrogens is 416 g/mol. The molecule has 3 aromatic rings. The maximum Gasteiger partial charge on any atom is 0.264 e. The summed E-state index contributed by atoms with van der Waals surface area (Å²) < 4.78 is 32.9. The minimum atomic E-state index is -3.83. The van der Waals surface area contributed by atoms with Gasteiger partial charge in [0.15, 0.2) is 0 Å². The minimum Gasteiger partial charge on any atom is -0.467 e. The van der Waals surface area contributed by atoms with Crippen LogP contribution in [0.15, 0.2) is 56.1 Å². The molecule has 0 bridgehead atoms. The Kier molecular flexibility index (Phi) is 5.35. The number of nitrogens with one attached hydrogen (secondary N) is 2. The molecule has 0 radical (unpaired) electrons. The summed E-state index contributed by atoms with van der Waals surface area (Å²) in [6.07, 6.45) is 2.58. The van der Waals surface area contributed by atoms with Gasteiger partial charge in [0, 0.05) is 12.6 Å². The smallest absolute Gasteiger partial charge is 0.264 e. The molecule has 0 spiro atoms. The fourth-order valence-corrected chi connectivity index (χ4v) is 6.25. The first-order valence-electron chi connectivity index (χ1n) is 8.93. The third-order valence-electron chi connectivity index (χ3n) is 4.60. The Morgan fingerprint density at radius 3 is 2.90 bits per heavy atom. The van der Waals surface area contributed by atoms with Crippen LogP contribution in [0.1, 0.15) is 18.6 Å². The van der Waals surface area contributed by atoms with Crippen molar-refractivity contribution in [2.45, 2.75) is 29.6 Å². The number of carbonyl (C=O) groups excluding carboxylic acids is 1. The van der Waals surface area contributed by atoms with Crippen LogP contribution >= 0.6 is 11.3 Å². The van der Waals surface area contributed by atoms with Crippen LogP contribution in [0.2, 0.25) is 0 Å². The summed E-state index contributed by atoms with van der Waals surface area (Å²) in [6.45, 7) is 0.489. The molecule has 1 aliphatic rings. The van der Waals surface area contributed by atoms with E-state index in [0.29, 0.717) is 29.2 Å². The molecule has 152 valence electrons. The maximum absolute atomic E-state index is 13.1. The molecule has 1 fully saturated rings. The zero-order valence-corrected chi connectivity index (χ0v) is 16.8. The fraction of sp³-hybridized carbons (Fsp3) is 0.278. The lowest BCUT2D eigenvalue weighted by Gasteiger charge is -2.22. The van der Waals surface area contributed by atoms with E-state index in [1.54, 1.807) is 18.2 Å². The number of aromatic nitrogens is 2. The summed E-state index contributed by atoms with van der Waals surface area (Å²) in [5.74, 6) is 0.253. The average Bonchev–Trinajstić information content (AvgIpc) is 3.48. The second kappa shape index (κ2) is 7.93. The normalized spacial score (nSPS) is 17.4. The molecule has 9 nitrogen and oxygen atoms in total. The number of nitrogens with zero attached hydrogens (tertiary/aromatic N) is 2. The van der Waals surface area contributed by atoms with E-state index in [-0.39, 0.29) is 28.8 Å². The lowest BCUT2D eigenvalue weighted by Crippen LogP contribution is -2.45. The number of hydrogen-bond acceptors (Lipinski definition) is 7.